The Kier molecular flexibility index (Phi) is 3.68. The van der Waals surface area contributed by atoms with Gasteiger partial charge < -0.3 is 15.6 Å². The molecule has 1 atom stereocenters. The van der Waals surface area contributed by atoms with Gasteiger partial charge in [0, 0.05) is 5.56 Å². The number of aliphatic hydroxyl groups is 1. The average Bonchev–Trinajstić information content (AvgIpc) is 2.15. The van der Waals surface area contributed by atoms with Crippen LogP contribution in [0.3, 0.4) is 0 Å². The summed E-state index contributed by atoms with van der Waals surface area (Å²) in [7, 11) is 0. The second-order valence-corrected chi connectivity index (χ2v) is 3.47. The van der Waals surface area contributed by atoms with Gasteiger partial charge in [-0.3, -0.25) is 4.79 Å². The molecule has 1 amide bonds. The van der Waals surface area contributed by atoms with Crippen LogP contribution in [0.4, 0.5) is 0 Å². The second kappa shape index (κ2) is 4.79. The molecule has 0 fully saturated rings. The zero-order chi connectivity index (χ0) is 11.4. The van der Waals surface area contributed by atoms with Gasteiger partial charge in [-0.25, -0.2) is 0 Å². The highest BCUT2D eigenvalue weighted by Gasteiger charge is 2.09. The van der Waals surface area contributed by atoms with Gasteiger partial charge in [0.05, 0.1) is 6.10 Å². The highest BCUT2D eigenvalue weighted by Crippen LogP contribution is 2.25. The van der Waals surface area contributed by atoms with Gasteiger partial charge in [0.1, 0.15) is 5.75 Å². The first-order chi connectivity index (χ1) is 7.00. The summed E-state index contributed by atoms with van der Waals surface area (Å²) in [6, 6.07) is 5.39. The zero-order valence-electron chi connectivity index (χ0n) is 8.86. The van der Waals surface area contributed by atoms with Gasteiger partial charge in [-0.2, -0.15) is 0 Å². The molecule has 0 bridgehead atoms. The van der Waals surface area contributed by atoms with Crippen LogP contribution in [0, 0.1) is 6.92 Å². The second-order valence-electron chi connectivity index (χ2n) is 3.47. The van der Waals surface area contributed by atoms with Gasteiger partial charge in [-0.05, 0) is 26.0 Å². The van der Waals surface area contributed by atoms with Crippen LogP contribution in [-0.2, 0) is 4.79 Å². The van der Waals surface area contributed by atoms with Crippen molar-refractivity contribution in [3.8, 4) is 5.75 Å². The summed E-state index contributed by atoms with van der Waals surface area (Å²) in [4.78, 5) is 10.6. The lowest BCUT2D eigenvalue weighted by Crippen LogP contribution is -2.20. The van der Waals surface area contributed by atoms with Crippen molar-refractivity contribution in [2.45, 2.75) is 20.0 Å². The number of rotatable bonds is 4. The van der Waals surface area contributed by atoms with E-state index in [1.165, 1.54) is 0 Å². The van der Waals surface area contributed by atoms with Crippen LogP contribution in [0.15, 0.2) is 18.2 Å². The van der Waals surface area contributed by atoms with Crippen LogP contribution in [-0.4, -0.2) is 17.6 Å². The van der Waals surface area contributed by atoms with Crippen LogP contribution < -0.4 is 10.5 Å². The van der Waals surface area contributed by atoms with Crippen molar-refractivity contribution in [2.75, 3.05) is 6.61 Å². The number of carbonyl (C=O) groups excluding carboxylic acids is 1. The fourth-order valence-corrected chi connectivity index (χ4v) is 1.27. The van der Waals surface area contributed by atoms with Gasteiger partial charge in [0.2, 0.25) is 0 Å². The maximum atomic E-state index is 10.6. The predicted molar refractivity (Wildman–Crippen MR) is 56.5 cm³/mol. The van der Waals surface area contributed by atoms with Crippen LogP contribution >= 0.6 is 0 Å². The molecule has 0 aliphatic rings. The average molecular weight is 209 g/mol. The first-order valence-electron chi connectivity index (χ1n) is 4.70. The molecule has 0 saturated carbocycles. The lowest BCUT2D eigenvalue weighted by atomic mass is 10.1. The molecule has 15 heavy (non-hydrogen) atoms. The third-order valence-electron chi connectivity index (χ3n) is 1.99. The molecule has 0 aliphatic heterocycles. The molecule has 0 aromatic heterocycles. The number of nitrogens with two attached hydrogens (primary N) is 1. The van der Waals surface area contributed by atoms with E-state index < -0.39 is 12.0 Å². The largest absolute Gasteiger partial charge is 0.483 e. The number of aliphatic hydroxyl groups excluding tert-OH is 1. The Morgan fingerprint density at radius 1 is 1.60 bits per heavy atom. The van der Waals surface area contributed by atoms with Gasteiger partial charge in [-0.1, -0.05) is 11.6 Å². The van der Waals surface area contributed by atoms with Crippen LogP contribution in [0.2, 0.25) is 0 Å². The molecular weight excluding hydrogens is 194 g/mol. The summed E-state index contributed by atoms with van der Waals surface area (Å²) in [6.45, 7) is 3.39. The first kappa shape index (κ1) is 11.5. The number of benzene rings is 1. The van der Waals surface area contributed by atoms with Gasteiger partial charge in [0.25, 0.3) is 5.91 Å². The van der Waals surface area contributed by atoms with Crippen LogP contribution in [0.25, 0.3) is 0 Å². The normalized spacial score (nSPS) is 12.2. The number of carbonyl (C=O) groups is 1. The molecule has 0 aliphatic carbocycles. The summed E-state index contributed by atoms with van der Waals surface area (Å²) in [5.74, 6) is -0.0403. The number of primary amides is 1. The first-order valence-corrected chi connectivity index (χ1v) is 4.70. The monoisotopic (exact) mass is 209 g/mol. The van der Waals surface area contributed by atoms with Crippen molar-refractivity contribution in [2.24, 2.45) is 5.73 Å². The molecule has 0 unspecified atom stereocenters. The third kappa shape index (κ3) is 3.25. The standard InChI is InChI=1S/C11H15NO3/c1-7-3-4-10(15-6-11(12)14)9(5-7)8(2)13/h3-5,8,13H,6H2,1-2H3,(H2,12,14)/t8-/m1/s1. The maximum Gasteiger partial charge on any atom is 0.255 e. The van der Waals surface area contributed by atoms with Crippen molar-refractivity contribution in [3.05, 3.63) is 29.3 Å². The molecule has 4 nitrogen and oxygen atoms in total. The van der Waals surface area contributed by atoms with Crippen LogP contribution in [0.1, 0.15) is 24.2 Å². The smallest absolute Gasteiger partial charge is 0.255 e. The Hall–Kier alpha value is -1.55. The number of hydrogen-bond acceptors (Lipinski definition) is 3. The van der Waals surface area contributed by atoms with E-state index in [-0.39, 0.29) is 6.61 Å². The van der Waals surface area contributed by atoms with Gasteiger partial charge >= 0.3 is 0 Å². The van der Waals surface area contributed by atoms with E-state index in [1.807, 2.05) is 19.1 Å². The van der Waals surface area contributed by atoms with Crippen molar-refractivity contribution in [3.63, 3.8) is 0 Å². The van der Waals surface area contributed by atoms with E-state index >= 15 is 0 Å². The number of amides is 1. The Bertz CT molecular complexity index is 361. The zero-order valence-corrected chi connectivity index (χ0v) is 8.86. The van der Waals surface area contributed by atoms with Crippen molar-refractivity contribution < 1.29 is 14.6 Å². The Morgan fingerprint density at radius 3 is 2.80 bits per heavy atom. The molecule has 82 valence electrons. The Balaban J connectivity index is 2.90. The molecule has 3 N–H and O–H groups in total. The molecule has 0 saturated heterocycles. The molecule has 1 aromatic carbocycles. The fraction of sp³-hybridized carbons (Fsp3) is 0.364. The molecule has 0 radical (unpaired) electrons. The Labute approximate surface area is 88.7 Å². The minimum Gasteiger partial charge on any atom is -0.483 e. The highest BCUT2D eigenvalue weighted by molar-refractivity contribution is 5.75. The van der Waals surface area contributed by atoms with Gasteiger partial charge in [0.15, 0.2) is 6.61 Å². The molecule has 0 spiro atoms. The van der Waals surface area contributed by atoms with E-state index in [4.69, 9.17) is 10.5 Å². The van der Waals surface area contributed by atoms with E-state index in [9.17, 15) is 9.90 Å². The molecular formula is C11H15NO3. The van der Waals surface area contributed by atoms with E-state index in [2.05, 4.69) is 0 Å². The highest BCUT2D eigenvalue weighted by atomic mass is 16.5. The molecule has 1 rings (SSSR count). The fourth-order valence-electron chi connectivity index (χ4n) is 1.27. The summed E-state index contributed by atoms with van der Waals surface area (Å²) in [5.41, 5.74) is 6.66. The summed E-state index contributed by atoms with van der Waals surface area (Å²) >= 11 is 0. The van der Waals surface area contributed by atoms with Crippen molar-refractivity contribution in [1.29, 1.82) is 0 Å². The quantitative estimate of drug-likeness (QED) is 0.774. The third-order valence-corrected chi connectivity index (χ3v) is 1.99. The lowest BCUT2D eigenvalue weighted by molar-refractivity contribution is -0.119. The molecule has 1 aromatic rings. The summed E-state index contributed by atoms with van der Waals surface area (Å²) in [6.07, 6.45) is -0.632. The summed E-state index contributed by atoms with van der Waals surface area (Å²) in [5, 5.41) is 9.50. The number of aryl methyl sites for hydroxylation is 1. The minimum atomic E-state index is -0.632. The summed E-state index contributed by atoms with van der Waals surface area (Å²) < 4.78 is 5.18. The van der Waals surface area contributed by atoms with Crippen LogP contribution in [0.5, 0.6) is 5.75 Å². The topological polar surface area (TPSA) is 72.5 Å². The maximum absolute atomic E-state index is 10.6. The van der Waals surface area contributed by atoms with E-state index in [1.54, 1.807) is 13.0 Å². The lowest BCUT2D eigenvalue weighted by Gasteiger charge is -2.13. The number of hydrogen-bond donors (Lipinski definition) is 2. The predicted octanol–water partition coefficient (Wildman–Crippen LogP) is 0.912. The van der Waals surface area contributed by atoms with Gasteiger partial charge in [-0.15, -0.1) is 0 Å². The van der Waals surface area contributed by atoms with Crippen molar-refractivity contribution >= 4 is 5.91 Å². The molecule has 4 heteroatoms. The van der Waals surface area contributed by atoms with E-state index in [0.29, 0.717) is 11.3 Å². The SMILES string of the molecule is Cc1ccc(OCC(N)=O)c([C@@H](C)O)c1. The van der Waals surface area contributed by atoms with Crippen molar-refractivity contribution in [1.82, 2.24) is 0 Å². The minimum absolute atomic E-state index is 0.178. The number of ether oxygens (including phenoxy) is 1. The molecule has 0 heterocycles. The Morgan fingerprint density at radius 2 is 2.27 bits per heavy atom. The van der Waals surface area contributed by atoms with E-state index in [0.717, 1.165) is 5.56 Å².